The maximum Gasteiger partial charge on any atom is 0.488 e. The monoisotopic (exact) mass is 176 g/mol. The lowest BCUT2D eigenvalue weighted by Crippen LogP contribution is -2.32. The van der Waals surface area contributed by atoms with E-state index in [0.29, 0.717) is 11.4 Å². The van der Waals surface area contributed by atoms with E-state index >= 15 is 0 Å². The van der Waals surface area contributed by atoms with Crippen molar-refractivity contribution in [2.24, 2.45) is 0 Å². The third-order valence-corrected chi connectivity index (χ3v) is 2.54. The van der Waals surface area contributed by atoms with Crippen LogP contribution in [0.25, 0.3) is 0 Å². The minimum Gasteiger partial charge on any atom is -0.423 e. The van der Waals surface area contributed by atoms with Crippen LogP contribution >= 0.6 is 0 Å². The summed E-state index contributed by atoms with van der Waals surface area (Å²) in [6, 6.07) is 5.79. The molecule has 3 heteroatoms. The van der Waals surface area contributed by atoms with Crippen molar-refractivity contribution < 1.29 is 10.0 Å². The Morgan fingerprint density at radius 1 is 1.31 bits per heavy atom. The van der Waals surface area contributed by atoms with Gasteiger partial charge in [0.1, 0.15) is 0 Å². The van der Waals surface area contributed by atoms with Crippen LogP contribution in [0.4, 0.5) is 0 Å². The van der Waals surface area contributed by atoms with Crippen molar-refractivity contribution in [3.63, 3.8) is 0 Å². The number of hydrogen-bond acceptors (Lipinski definition) is 2. The molecule has 0 radical (unpaired) electrons. The smallest absolute Gasteiger partial charge is 0.423 e. The van der Waals surface area contributed by atoms with E-state index in [0.717, 1.165) is 5.56 Å². The van der Waals surface area contributed by atoms with Gasteiger partial charge < -0.3 is 10.0 Å². The van der Waals surface area contributed by atoms with E-state index in [1.54, 1.807) is 0 Å². The summed E-state index contributed by atoms with van der Waals surface area (Å²) in [5, 5.41) is 18.3. The predicted octanol–water partition coefficient (Wildman–Crippen LogP) is 0.552. The Morgan fingerprint density at radius 2 is 2.00 bits per heavy atom. The molecule has 0 unspecified atom stereocenters. The van der Waals surface area contributed by atoms with Gasteiger partial charge in [-0.2, -0.15) is 0 Å². The van der Waals surface area contributed by atoms with Gasteiger partial charge in [-0.3, -0.25) is 0 Å². The molecule has 0 atom stereocenters. The maximum absolute atomic E-state index is 9.13. The Bertz CT molecular complexity index is 319. The van der Waals surface area contributed by atoms with E-state index in [4.69, 9.17) is 10.0 Å². The molecule has 0 saturated heterocycles. The van der Waals surface area contributed by atoms with E-state index in [2.05, 4.69) is 6.07 Å². The van der Waals surface area contributed by atoms with Gasteiger partial charge in [0.2, 0.25) is 0 Å². The van der Waals surface area contributed by atoms with Crippen molar-refractivity contribution in [1.82, 2.24) is 0 Å². The molecule has 2 rings (SSSR count). The fourth-order valence-corrected chi connectivity index (χ4v) is 1.68. The maximum atomic E-state index is 9.13. The second kappa shape index (κ2) is 3.16. The molecule has 2 nitrogen and oxygen atoms in total. The molecule has 0 aliphatic heterocycles. The van der Waals surface area contributed by atoms with Gasteiger partial charge >= 0.3 is 7.12 Å². The summed E-state index contributed by atoms with van der Waals surface area (Å²) in [7, 11) is -1.32. The van der Waals surface area contributed by atoms with Gasteiger partial charge in [0, 0.05) is 0 Å². The molecule has 1 aromatic carbocycles. The van der Waals surface area contributed by atoms with Gasteiger partial charge in [-0.05, 0) is 36.7 Å². The number of hydrogen-bond donors (Lipinski definition) is 2. The van der Waals surface area contributed by atoms with Crippen molar-refractivity contribution >= 4 is 12.6 Å². The molecular formula is C10H13BO2. The van der Waals surface area contributed by atoms with Gasteiger partial charge in [-0.25, -0.2) is 0 Å². The number of rotatable bonds is 2. The quantitative estimate of drug-likeness (QED) is 0.646. The van der Waals surface area contributed by atoms with E-state index < -0.39 is 7.12 Å². The zero-order valence-corrected chi connectivity index (χ0v) is 7.70. The van der Waals surface area contributed by atoms with Crippen molar-refractivity contribution in [3.05, 3.63) is 29.3 Å². The van der Waals surface area contributed by atoms with E-state index in [1.165, 1.54) is 18.4 Å². The Hall–Kier alpha value is -0.795. The van der Waals surface area contributed by atoms with E-state index in [-0.39, 0.29) is 0 Å². The Morgan fingerprint density at radius 3 is 2.54 bits per heavy atom. The molecule has 68 valence electrons. The Balaban J connectivity index is 2.42. The lowest BCUT2D eigenvalue weighted by Gasteiger charge is -2.08. The minimum atomic E-state index is -1.32. The Labute approximate surface area is 78.4 Å². The normalized spacial score (nSPS) is 15.9. The molecule has 0 amide bonds. The summed E-state index contributed by atoms with van der Waals surface area (Å²) in [4.78, 5) is 0. The Kier molecular flexibility index (Phi) is 2.14. The average Bonchev–Trinajstić information content (AvgIpc) is 2.85. The highest BCUT2D eigenvalue weighted by Crippen LogP contribution is 2.39. The van der Waals surface area contributed by atoms with Crippen molar-refractivity contribution in [3.8, 4) is 0 Å². The van der Waals surface area contributed by atoms with Gasteiger partial charge in [0.05, 0.1) is 0 Å². The van der Waals surface area contributed by atoms with Gasteiger partial charge in [0.25, 0.3) is 0 Å². The third-order valence-electron chi connectivity index (χ3n) is 2.54. The molecule has 1 aliphatic rings. The van der Waals surface area contributed by atoms with Crippen LogP contribution in [0, 0.1) is 6.92 Å². The van der Waals surface area contributed by atoms with E-state index in [9.17, 15) is 0 Å². The molecule has 0 spiro atoms. The van der Waals surface area contributed by atoms with Gasteiger partial charge in [-0.15, -0.1) is 0 Å². The van der Waals surface area contributed by atoms with Crippen LogP contribution in [0.2, 0.25) is 0 Å². The minimum absolute atomic E-state index is 0.566. The number of benzene rings is 1. The summed E-state index contributed by atoms with van der Waals surface area (Å²) in [6.07, 6.45) is 2.37. The number of aryl methyl sites for hydroxylation is 1. The summed E-state index contributed by atoms with van der Waals surface area (Å²) in [6.45, 7) is 2.03. The van der Waals surface area contributed by atoms with Crippen LogP contribution in [0.3, 0.4) is 0 Å². The zero-order valence-electron chi connectivity index (χ0n) is 7.70. The second-order valence-corrected chi connectivity index (χ2v) is 3.78. The second-order valence-electron chi connectivity index (χ2n) is 3.78. The third kappa shape index (κ3) is 1.76. The zero-order chi connectivity index (χ0) is 9.42. The van der Waals surface area contributed by atoms with Gasteiger partial charge in [0.15, 0.2) is 0 Å². The molecule has 0 bridgehead atoms. The summed E-state index contributed by atoms with van der Waals surface area (Å²) in [5.74, 6) is 0.566. The van der Waals surface area contributed by atoms with Crippen LogP contribution in [0.15, 0.2) is 18.2 Å². The SMILES string of the molecule is Cc1ccc(B(O)O)c(C2CC2)c1. The highest BCUT2D eigenvalue weighted by molar-refractivity contribution is 6.59. The van der Waals surface area contributed by atoms with Crippen LogP contribution in [0.1, 0.15) is 29.9 Å². The largest absolute Gasteiger partial charge is 0.488 e. The highest BCUT2D eigenvalue weighted by atomic mass is 16.4. The first kappa shape index (κ1) is 8.79. The molecule has 1 fully saturated rings. The average molecular weight is 176 g/mol. The summed E-state index contributed by atoms with van der Waals surface area (Å²) >= 11 is 0. The molecule has 1 saturated carbocycles. The molecule has 0 heterocycles. The predicted molar refractivity (Wildman–Crippen MR) is 53.0 cm³/mol. The first-order valence-electron chi connectivity index (χ1n) is 4.65. The first-order chi connectivity index (χ1) is 6.18. The molecule has 1 aromatic rings. The first-order valence-corrected chi connectivity index (χ1v) is 4.65. The van der Waals surface area contributed by atoms with Gasteiger partial charge in [-0.1, -0.05) is 23.8 Å². The van der Waals surface area contributed by atoms with E-state index in [1.807, 2.05) is 19.1 Å². The van der Waals surface area contributed by atoms with Crippen LogP contribution in [-0.2, 0) is 0 Å². The standard InChI is InChI=1S/C10H13BO2/c1-7-2-5-10(11(12)13)9(6-7)8-3-4-8/h2,5-6,8,12-13H,3-4H2,1H3. The lowest BCUT2D eigenvalue weighted by molar-refractivity contribution is 0.425. The van der Waals surface area contributed by atoms with Crippen molar-refractivity contribution in [2.45, 2.75) is 25.7 Å². The fraction of sp³-hybridized carbons (Fsp3) is 0.400. The molecule has 1 aliphatic carbocycles. The van der Waals surface area contributed by atoms with Crippen molar-refractivity contribution in [1.29, 1.82) is 0 Å². The summed E-state index contributed by atoms with van der Waals surface area (Å²) < 4.78 is 0. The lowest BCUT2D eigenvalue weighted by atomic mass is 9.75. The van der Waals surface area contributed by atoms with Crippen LogP contribution in [0.5, 0.6) is 0 Å². The summed E-state index contributed by atoms with van der Waals surface area (Å²) in [5.41, 5.74) is 2.98. The highest BCUT2D eigenvalue weighted by Gasteiger charge is 2.29. The molecular weight excluding hydrogens is 163 g/mol. The van der Waals surface area contributed by atoms with Crippen LogP contribution in [-0.4, -0.2) is 17.2 Å². The molecule has 0 aromatic heterocycles. The topological polar surface area (TPSA) is 40.5 Å². The van der Waals surface area contributed by atoms with Crippen LogP contribution < -0.4 is 5.46 Å². The van der Waals surface area contributed by atoms with Crippen molar-refractivity contribution in [2.75, 3.05) is 0 Å². The molecule has 2 N–H and O–H groups in total. The molecule has 13 heavy (non-hydrogen) atoms. The fourth-order valence-electron chi connectivity index (χ4n) is 1.68.